The summed E-state index contributed by atoms with van der Waals surface area (Å²) in [6.45, 7) is 4.57. The van der Waals surface area contributed by atoms with Gasteiger partial charge in [-0.3, -0.25) is 18.6 Å². The van der Waals surface area contributed by atoms with Crippen LogP contribution in [-0.4, -0.2) is 78.0 Å². The molecule has 0 aromatic heterocycles. The minimum Gasteiger partial charge on any atom is -0.504 e. The molecule has 4 aliphatic rings. The van der Waals surface area contributed by atoms with E-state index in [0.29, 0.717) is 12.2 Å². The Hall–Kier alpha value is -2.43. The van der Waals surface area contributed by atoms with E-state index in [1.165, 1.54) is 148 Å². The normalized spacial score (nSPS) is 22.6. The van der Waals surface area contributed by atoms with Crippen LogP contribution in [0.2, 0.25) is 0 Å². The molecule has 0 amide bonds. The monoisotopic (exact) mass is 972 g/mol. The van der Waals surface area contributed by atoms with E-state index in [0.717, 1.165) is 69.0 Å². The number of phosphoric ester groups is 1. The van der Waals surface area contributed by atoms with Crippen molar-refractivity contribution in [2.24, 2.45) is 5.92 Å². The van der Waals surface area contributed by atoms with Crippen LogP contribution >= 0.6 is 7.82 Å². The number of likely N-dealkylation sites (tertiary alicyclic amines) is 1. The highest BCUT2D eigenvalue weighted by Crippen LogP contribution is 2.63. The number of hydrogen-bond acceptors (Lipinski definition) is 10. The largest absolute Gasteiger partial charge is 0.504 e. The van der Waals surface area contributed by atoms with Gasteiger partial charge in [0.2, 0.25) is 0 Å². The van der Waals surface area contributed by atoms with Crippen molar-refractivity contribution in [1.29, 1.82) is 0 Å². The first-order chi connectivity index (χ1) is 33.1. The van der Waals surface area contributed by atoms with Gasteiger partial charge in [0.1, 0.15) is 18.8 Å². The van der Waals surface area contributed by atoms with Crippen LogP contribution in [0.15, 0.2) is 24.3 Å². The number of phenolic OH excluding ortho intramolecular Hbond substituents is 1. The zero-order valence-electron chi connectivity index (χ0n) is 42.9. The summed E-state index contributed by atoms with van der Waals surface area (Å²) in [5.74, 6) is -0.286. The predicted molar refractivity (Wildman–Crippen MR) is 272 cm³/mol. The molecule has 1 aromatic rings. The van der Waals surface area contributed by atoms with E-state index in [1.807, 2.05) is 6.07 Å². The van der Waals surface area contributed by atoms with Gasteiger partial charge in [-0.25, -0.2) is 4.57 Å². The van der Waals surface area contributed by atoms with Gasteiger partial charge in [0.25, 0.3) is 0 Å². The summed E-state index contributed by atoms with van der Waals surface area (Å²) in [7, 11) is -2.63. The molecule has 0 saturated carbocycles. The second-order valence-electron chi connectivity index (χ2n) is 21.0. The van der Waals surface area contributed by atoms with Gasteiger partial charge in [-0.15, -0.1) is 0 Å². The molecule has 2 aliphatic carbocycles. The van der Waals surface area contributed by atoms with Crippen LogP contribution in [0.3, 0.4) is 0 Å². The van der Waals surface area contributed by atoms with Crippen molar-refractivity contribution in [2.45, 2.75) is 262 Å². The topological polar surface area (TPSA) is 141 Å². The van der Waals surface area contributed by atoms with Crippen LogP contribution < -0.4 is 4.74 Å². The highest BCUT2D eigenvalue weighted by molar-refractivity contribution is 7.47. The molecule has 2 heterocycles. The van der Waals surface area contributed by atoms with Crippen LogP contribution in [0.1, 0.15) is 237 Å². The molecule has 12 heteroatoms. The summed E-state index contributed by atoms with van der Waals surface area (Å²) in [6, 6.07) is 3.85. The predicted octanol–water partition coefficient (Wildman–Crippen LogP) is 14.3. The molecule has 1 aromatic carbocycles. The van der Waals surface area contributed by atoms with Gasteiger partial charge in [0.05, 0.1) is 6.61 Å². The lowest BCUT2D eigenvalue weighted by atomic mass is 9.53. The van der Waals surface area contributed by atoms with E-state index in [9.17, 15) is 24.2 Å². The first kappa shape index (κ1) is 56.5. The van der Waals surface area contributed by atoms with E-state index >= 15 is 0 Å². The lowest BCUT2D eigenvalue weighted by Gasteiger charge is -2.56. The zero-order valence-corrected chi connectivity index (χ0v) is 43.8. The average molecular weight is 972 g/mol. The molecule has 2 aliphatic heterocycles. The lowest BCUT2D eigenvalue weighted by Crippen LogP contribution is -2.65. The number of aromatic hydroxyl groups is 1. The number of phenols is 1. The van der Waals surface area contributed by atoms with Gasteiger partial charge in [-0.2, -0.15) is 0 Å². The number of nitrogens with zero attached hydrogens (tertiary/aromatic N) is 1. The maximum absolute atomic E-state index is 13.7. The fourth-order valence-electron chi connectivity index (χ4n) is 11.6. The van der Waals surface area contributed by atoms with Crippen molar-refractivity contribution in [1.82, 2.24) is 4.90 Å². The third kappa shape index (κ3) is 18.0. The second kappa shape index (κ2) is 31.1. The number of unbranched alkanes of at least 4 members (excludes halogenated alkanes) is 28. The second-order valence-corrected chi connectivity index (χ2v) is 22.4. The van der Waals surface area contributed by atoms with Crippen molar-refractivity contribution < 1.29 is 47.4 Å². The molecule has 2 unspecified atom stereocenters. The number of ether oxygens (including phenoxy) is 3. The van der Waals surface area contributed by atoms with Crippen molar-refractivity contribution >= 4 is 19.8 Å². The van der Waals surface area contributed by atoms with Gasteiger partial charge < -0.3 is 29.1 Å². The summed E-state index contributed by atoms with van der Waals surface area (Å²) < 4.78 is 43.0. The Kier molecular flexibility index (Phi) is 25.8. The third-order valence-corrected chi connectivity index (χ3v) is 16.5. The van der Waals surface area contributed by atoms with Gasteiger partial charge in [0.15, 0.2) is 17.6 Å². The average Bonchev–Trinajstić information content (AvgIpc) is 3.68. The molecule has 388 valence electrons. The standard InChI is InChI=1S/C56H94NO10P/c1-4-6-8-10-12-14-16-18-20-22-24-26-28-30-32-34-51(59)63-43-46(65-52(60)35-33-31-29-27-25-23-21-19-17-15-13-11-9-7-5-2)44-64-68(61,62)67-50-39-37-47-48-42-45-36-38-49(58)54-53(45)56(47,55(50)66-54)40-41-57(48)3/h36-39,46-48,50,55,58H,4-35,40-44H2,1-3H3,(H,61,62)/t46?,47-,48+,50-,55-,56-/m0/s1. The van der Waals surface area contributed by atoms with Crippen LogP contribution in [0.4, 0.5) is 0 Å². The van der Waals surface area contributed by atoms with Crippen molar-refractivity contribution in [3.8, 4) is 11.5 Å². The quantitative estimate of drug-likeness (QED) is 0.0281. The molecular formula is C56H94NO10P. The molecule has 1 fully saturated rings. The van der Waals surface area contributed by atoms with Crippen LogP contribution in [0, 0.1) is 5.92 Å². The number of esters is 2. The summed E-state index contributed by atoms with van der Waals surface area (Å²) >= 11 is 0. The Morgan fingerprint density at radius 1 is 0.706 bits per heavy atom. The SMILES string of the molecule is CCCCCCCCCCCCCCCCCC(=O)OCC(COP(=O)(O)O[C@H]1C=C[C@H]2[C@H]3Cc4ccc(O)c5c4[C@@]2(CCN3C)[C@H]1O5)OC(=O)CCCCCCCCCCCCCCCCC. The number of rotatable bonds is 40. The van der Waals surface area contributed by atoms with E-state index in [-0.39, 0.29) is 37.2 Å². The molecule has 1 spiro atoms. The smallest absolute Gasteiger partial charge is 0.473 e. The summed E-state index contributed by atoms with van der Waals surface area (Å²) in [4.78, 5) is 39.5. The van der Waals surface area contributed by atoms with Crippen LogP contribution in [0.5, 0.6) is 11.5 Å². The summed E-state index contributed by atoms with van der Waals surface area (Å²) in [5.41, 5.74) is 1.58. The van der Waals surface area contributed by atoms with Crippen LogP contribution in [0.25, 0.3) is 0 Å². The first-order valence-corrected chi connectivity index (χ1v) is 29.5. The third-order valence-electron chi connectivity index (χ3n) is 15.5. The molecule has 68 heavy (non-hydrogen) atoms. The Bertz CT molecular complexity index is 1690. The Morgan fingerprint density at radius 2 is 1.19 bits per heavy atom. The Balaban J connectivity index is 1.03. The van der Waals surface area contributed by atoms with Gasteiger partial charge in [-0.05, 0) is 50.9 Å². The Morgan fingerprint density at radius 3 is 1.71 bits per heavy atom. The highest BCUT2D eigenvalue weighted by atomic mass is 31.2. The van der Waals surface area contributed by atoms with E-state index in [4.69, 9.17) is 23.3 Å². The minimum absolute atomic E-state index is 0.0500. The van der Waals surface area contributed by atoms with Crippen molar-refractivity contribution in [3.05, 3.63) is 35.4 Å². The molecule has 2 bridgehead atoms. The van der Waals surface area contributed by atoms with Crippen molar-refractivity contribution in [2.75, 3.05) is 26.8 Å². The number of carbonyl (C=O) groups excluding carboxylic acids is 2. The number of carbonyl (C=O) groups is 2. The minimum atomic E-state index is -4.76. The summed E-state index contributed by atoms with van der Waals surface area (Å²) in [6.07, 6.45) is 40.2. The maximum Gasteiger partial charge on any atom is 0.473 e. The number of piperidine rings is 1. The van der Waals surface area contributed by atoms with Gasteiger partial charge >= 0.3 is 19.8 Å². The summed E-state index contributed by atoms with van der Waals surface area (Å²) in [5, 5.41) is 10.9. The molecule has 7 atom stereocenters. The number of phosphoric acid groups is 1. The van der Waals surface area contributed by atoms with Gasteiger partial charge in [-0.1, -0.05) is 212 Å². The fourth-order valence-corrected chi connectivity index (χ4v) is 12.5. The number of hydrogen-bond donors (Lipinski definition) is 2. The molecule has 5 rings (SSSR count). The molecule has 0 radical (unpaired) electrons. The van der Waals surface area contributed by atoms with E-state index in [2.05, 4.69) is 31.9 Å². The van der Waals surface area contributed by atoms with Gasteiger partial charge in [0, 0.05) is 35.8 Å². The molecular weight excluding hydrogens is 878 g/mol. The van der Waals surface area contributed by atoms with E-state index < -0.39 is 50.1 Å². The molecule has 11 nitrogen and oxygen atoms in total. The van der Waals surface area contributed by atoms with Crippen molar-refractivity contribution in [3.63, 3.8) is 0 Å². The van der Waals surface area contributed by atoms with Crippen LogP contribution in [-0.2, 0) is 44.5 Å². The highest BCUT2D eigenvalue weighted by Gasteiger charge is 2.65. The fraction of sp³-hybridized carbons (Fsp3) is 0.821. The maximum atomic E-state index is 13.7. The number of likely N-dealkylation sites (N-methyl/N-ethyl adjacent to an activating group) is 1. The molecule has 1 saturated heterocycles. The zero-order chi connectivity index (χ0) is 48.5. The Labute approximate surface area is 412 Å². The number of benzene rings is 1. The molecule has 2 N–H and O–H groups in total. The van der Waals surface area contributed by atoms with E-state index in [1.54, 1.807) is 12.1 Å². The lowest BCUT2D eigenvalue weighted by molar-refractivity contribution is -0.161. The first-order valence-electron chi connectivity index (χ1n) is 28.0.